The van der Waals surface area contributed by atoms with E-state index in [1.807, 2.05) is 0 Å². The molecule has 3 rings (SSSR count). The Kier molecular flexibility index (Phi) is 7.22. The summed E-state index contributed by atoms with van der Waals surface area (Å²) in [6.07, 6.45) is 12.6. The second-order valence-electron chi connectivity index (χ2n) is 7.28. The van der Waals surface area contributed by atoms with Gasteiger partial charge in [0.1, 0.15) is 0 Å². The molecule has 0 fully saturated rings. The monoisotopic (exact) mass is 464 g/mol. The number of rotatable bonds is 9. The molecule has 0 saturated carbocycles. The van der Waals surface area contributed by atoms with Crippen molar-refractivity contribution in [2.45, 2.75) is 71.6 Å². The van der Waals surface area contributed by atoms with Crippen molar-refractivity contribution in [3.63, 3.8) is 0 Å². The molecule has 0 spiro atoms. The summed E-state index contributed by atoms with van der Waals surface area (Å²) in [5.74, 6) is 0. The average molecular weight is 464 g/mol. The third-order valence-corrected chi connectivity index (χ3v) is 8.36. The van der Waals surface area contributed by atoms with Crippen LogP contribution in [0.2, 0.25) is 0 Å². The minimum absolute atomic E-state index is 0.544. The summed E-state index contributed by atoms with van der Waals surface area (Å²) < 4.78 is 4.49. The molecule has 0 aliphatic carbocycles. The normalized spacial score (nSPS) is 11.6. The zero-order chi connectivity index (χ0) is 17.6. The average Bonchev–Trinajstić information content (AvgIpc) is 2.98. The first-order chi connectivity index (χ1) is 12.2. The first-order valence-electron chi connectivity index (χ1n) is 9.79. The van der Waals surface area contributed by atoms with Crippen molar-refractivity contribution in [2.24, 2.45) is 0 Å². The second-order valence-corrected chi connectivity index (χ2v) is 10.6. The Morgan fingerprint density at radius 1 is 0.760 bits per heavy atom. The van der Waals surface area contributed by atoms with Crippen LogP contribution in [0.1, 0.15) is 68.3 Å². The molecule has 2 aromatic carbocycles. The van der Waals surface area contributed by atoms with E-state index in [0.29, 0.717) is 14.5 Å². The first-order valence-corrected chi connectivity index (χ1v) is 12.3. The zero-order valence-electron chi connectivity index (χ0n) is 15.5. The molecule has 134 valence electrons. The van der Waals surface area contributed by atoms with Gasteiger partial charge < -0.3 is 0 Å². The molecular weight excluding hydrogens is 435 g/mol. The zero-order valence-corrected chi connectivity index (χ0v) is 18.8. The maximum atomic E-state index is 3.67. The summed E-state index contributed by atoms with van der Waals surface area (Å²) in [5, 5.41) is 4.23. The van der Waals surface area contributed by atoms with Crippen LogP contribution in [0.3, 0.4) is 0 Å². The van der Waals surface area contributed by atoms with E-state index in [9.17, 15) is 0 Å². The Labute approximate surface area is 166 Å². The molecule has 1 aromatic heterocycles. The van der Waals surface area contributed by atoms with Gasteiger partial charge in [-0.3, -0.25) is 0 Å². The Bertz CT molecular complexity index is 772. The topological polar surface area (TPSA) is 0 Å². The summed E-state index contributed by atoms with van der Waals surface area (Å²) in [6, 6.07) is 11.9. The summed E-state index contributed by atoms with van der Waals surface area (Å²) in [6.45, 7) is 4.46. The molecule has 25 heavy (non-hydrogen) atoms. The predicted octanol–water partition coefficient (Wildman–Crippen LogP) is 7.80. The number of aryl methyl sites for hydroxylation is 2. The fraction of sp³-hybridized carbons (Fsp3) is 0.478. The molecule has 2 heteroatoms. The van der Waals surface area contributed by atoms with Crippen LogP contribution in [0.25, 0.3) is 20.4 Å². The third kappa shape index (κ3) is 5.22. The van der Waals surface area contributed by atoms with E-state index in [4.69, 9.17) is 0 Å². The molecular formula is C23H29BrSe. The molecule has 0 aliphatic rings. The molecule has 0 saturated heterocycles. The quantitative estimate of drug-likeness (QED) is 0.224. The fourth-order valence-electron chi connectivity index (χ4n) is 3.53. The van der Waals surface area contributed by atoms with Gasteiger partial charge in [-0.15, -0.1) is 0 Å². The van der Waals surface area contributed by atoms with Gasteiger partial charge in [0.2, 0.25) is 0 Å². The van der Waals surface area contributed by atoms with Crippen molar-refractivity contribution < 1.29 is 0 Å². The molecule has 0 aliphatic heterocycles. The molecule has 0 amide bonds. The molecule has 0 nitrogen and oxygen atoms in total. The Morgan fingerprint density at radius 3 is 2.20 bits per heavy atom. The van der Waals surface area contributed by atoms with Crippen molar-refractivity contribution in [1.29, 1.82) is 0 Å². The summed E-state index contributed by atoms with van der Waals surface area (Å²) in [4.78, 5) is 0. The van der Waals surface area contributed by atoms with Gasteiger partial charge in [0.15, 0.2) is 0 Å². The summed E-state index contributed by atoms with van der Waals surface area (Å²) in [5.41, 5.74) is 1.32. The van der Waals surface area contributed by atoms with Gasteiger partial charge in [-0.2, -0.15) is 0 Å². The minimum atomic E-state index is 0.544. The van der Waals surface area contributed by atoms with E-state index in [0.717, 1.165) is 0 Å². The fourth-order valence-corrected chi connectivity index (χ4v) is 6.28. The van der Waals surface area contributed by atoms with Crippen molar-refractivity contribution in [3.05, 3.63) is 44.8 Å². The number of halogens is 1. The van der Waals surface area contributed by atoms with E-state index in [-0.39, 0.29) is 0 Å². The molecule has 1 heterocycles. The Morgan fingerprint density at radius 2 is 1.44 bits per heavy atom. The summed E-state index contributed by atoms with van der Waals surface area (Å²) in [7, 11) is 0. The maximum absolute atomic E-state index is 3.67. The SMILES string of the molecule is CCCCCCCCCCc1cc2cc3cc(C)c(Br)cc3cc2[se]1. The van der Waals surface area contributed by atoms with Crippen LogP contribution >= 0.6 is 15.9 Å². The van der Waals surface area contributed by atoms with Crippen LogP contribution in [0, 0.1) is 6.92 Å². The van der Waals surface area contributed by atoms with Crippen molar-refractivity contribution in [1.82, 2.24) is 0 Å². The van der Waals surface area contributed by atoms with E-state index < -0.39 is 0 Å². The van der Waals surface area contributed by atoms with Gasteiger partial charge in [-0.25, -0.2) is 0 Å². The van der Waals surface area contributed by atoms with Crippen molar-refractivity contribution in [3.8, 4) is 0 Å². The van der Waals surface area contributed by atoms with E-state index in [2.05, 4.69) is 60.1 Å². The molecule has 0 unspecified atom stereocenters. The van der Waals surface area contributed by atoms with Gasteiger partial charge in [-0.1, -0.05) is 0 Å². The van der Waals surface area contributed by atoms with Gasteiger partial charge in [0.25, 0.3) is 0 Å². The van der Waals surface area contributed by atoms with Crippen molar-refractivity contribution >= 4 is 50.9 Å². The van der Waals surface area contributed by atoms with Crippen LogP contribution in [-0.2, 0) is 6.42 Å². The Balaban J connectivity index is 1.57. The molecule has 0 bridgehead atoms. The number of benzene rings is 2. The number of unbranched alkanes of at least 4 members (excludes halogenated alkanes) is 7. The predicted molar refractivity (Wildman–Crippen MR) is 117 cm³/mol. The second kappa shape index (κ2) is 9.40. The number of hydrogen-bond acceptors (Lipinski definition) is 0. The summed E-state index contributed by atoms with van der Waals surface area (Å²) >= 11 is 4.21. The standard InChI is InChI=1S/C23H29BrSe/c1-3-4-5-6-7-8-9-10-11-21-14-20-13-18-12-17(2)22(24)15-19(18)16-23(20)25-21/h12-16H,3-11H2,1-2H3. The van der Waals surface area contributed by atoms with Crippen LogP contribution < -0.4 is 0 Å². The van der Waals surface area contributed by atoms with Crippen molar-refractivity contribution in [2.75, 3.05) is 0 Å². The molecule has 0 N–H and O–H groups in total. The van der Waals surface area contributed by atoms with Gasteiger partial charge in [0.05, 0.1) is 0 Å². The van der Waals surface area contributed by atoms with Gasteiger partial charge >= 0.3 is 167 Å². The van der Waals surface area contributed by atoms with E-state index in [1.165, 1.54) is 84.0 Å². The first kappa shape index (κ1) is 19.2. The molecule has 3 aromatic rings. The van der Waals surface area contributed by atoms with Crippen LogP contribution in [0.5, 0.6) is 0 Å². The molecule has 0 radical (unpaired) electrons. The molecule has 0 atom stereocenters. The van der Waals surface area contributed by atoms with Crippen LogP contribution in [0.15, 0.2) is 34.8 Å². The van der Waals surface area contributed by atoms with Gasteiger partial charge in [0, 0.05) is 0 Å². The van der Waals surface area contributed by atoms with Crippen LogP contribution in [-0.4, -0.2) is 14.5 Å². The van der Waals surface area contributed by atoms with Crippen LogP contribution in [0.4, 0.5) is 0 Å². The number of fused-ring (bicyclic) bond motifs is 2. The van der Waals surface area contributed by atoms with E-state index >= 15 is 0 Å². The third-order valence-electron chi connectivity index (χ3n) is 5.08. The van der Waals surface area contributed by atoms with E-state index in [1.54, 1.807) is 8.70 Å². The Hall–Kier alpha value is -0.561. The number of hydrogen-bond donors (Lipinski definition) is 0. The van der Waals surface area contributed by atoms with Gasteiger partial charge in [-0.05, 0) is 0 Å².